The minimum atomic E-state index is 0.322. The second-order valence-electron chi connectivity index (χ2n) is 5.09. The Labute approximate surface area is 117 Å². The van der Waals surface area contributed by atoms with Gasteiger partial charge in [0.05, 0.1) is 0 Å². The first-order valence-electron chi connectivity index (χ1n) is 6.76. The van der Waals surface area contributed by atoms with Crippen molar-refractivity contribution in [1.82, 2.24) is 0 Å². The van der Waals surface area contributed by atoms with E-state index in [9.17, 15) is 0 Å². The number of hydrogen-bond donors (Lipinski definition) is 1. The second kappa shape index (κ2) is 4.36. The molecule has 2 unspecified atom stereocenters. The molecular formula is C18H14O2. The van der Waals surface area contributed by atoms with Gasteiger partial charge in [-0.05, 0) is 34.4 Å². The van der Waals surface area contributed by atoms with Crippen LogP contribution in [0.2, 0.25) is 0 Å². The average Bonchev–Trinajstić information content (AvgIpc) is 3.23. The van der Waals surface area contributed by atoms with Gasteiger partial charge in [-0.25, -0.2) is 0 Å². The quantitative estimate of drug-likeness (QED) is 0.735. The number of benzene rings is 2. The third kappa shape index (κ3) is 1.77. The lowest BCUT2D eigenvalue weighted by Gasteiger charge is -2.26. The summed E-state index contributed by atoms with van der Waals surface area (Å²) >= 11 is 0. The van der Waals surface area contributed by atoms with Gasteiger partial charge in [-0.2, -0.15) is 0 Å². The molecule has 3 aliphatic rings. The van der Waals surface area contributed by atoms with Crippen molar-refractivity contribution in [3.63, 3.8) is 0 Å². The van der Waals surface area contributed by atoms with Crippen LogP contribution < -0.4 is 0 Å². The van der Waals surface area contributed by atoms with Gasteiger partial charge in [-0.3, -0.25) is 0 Å². The highest BCUT2D eigenvalue weighted by molar-refractivity contribution is 6.10. The van der Waals surface area contributed by atoms with E-state index in [0.29, 0.717) is 18.0 Å². The van der Waals surface area contributed by atoms with Gasteiger partial charge in [0, 0.05) is 0 Å². The van der Waals surface area contributed by atoms with Gasteiger partial charge in [-0.1, -0.05) is 54.6 Å². The molecule has 2 aromatic carbocycles. The number of aromatic hydroxyl groups is 1. The molecule has 98 valence electrons. The molecule has 2 nitrogen and oxygen atoms in total. The Morgan fingerprint density at radius 2 is 1.55 bits per heavy atom. The molecule has 0 spiro atoms. The van der Waals surface area contributed by atoms with Gasteiger partial charge in [0.25, 0.3) is 0 Å². The molecule has 0 amide bonds. The van der Waals surface area contributed by atoms with Crippen molar-refractivity contribution in [1.29, 1.82) is 0 Å². The van der Waals surface area contributed by atoms with Crippen LogP contribution in [0, 0.1) is 0 Å². The van der Waals surface area contributed by atoms with E-state index >= 15 is 0 Å². The molecule has 2 aliphatic carbocycles. The number of ether oxygens (including phenoxy) is 1. The van der Waals surface area contributed by atoms with Crippen LogP contribution in [0.3, 0.4) is 0 Å². The van der Waals surface area contributed by atoms with Gasteiger partial charge >= 0.3 is 0 Å². The summed E-state index contributed by atoms with van der Waals surface area (Å²) in [5.41, 5.74) is 5.62. The molecule has 5 rings (SSSR count). The first kappa shape index (κ1) is 11.5. The molecule has 0 radical (unpaired) electrons. The van der Waals surface area contributed by atoms with Crippen LogP contribution in [-0.2, 0) is 4.74 Å². The van der Waals surface area contributed by atoms with Crippen molar-refractivity contribution in [2.24, 2.45) is 0 Å². The summed E-state index contributed by atoms with van der Waals surface area (Å²) in [4.78, 5) is 0. The molecular weight excluding hydrogens is 248 g/mol. The molecule has 1 aliphatic heterocycles. The third-order valence-electron chi connectivity index (χ3n) is 3.82. The molecule has 2 atom stereocenters. The lowest BCUT2D eigenvalue weighted by atomic mass is 9.76. The Balaban J connectivity index is 0.000000130. The van der Waals surface area contributed by atoms with Gasteiger partial charge in [0.2, 0.25) is 0 Å². The van der Waals surface area contributed by atoms with E-state index in [-0.39, 0.29) is 0 Å². The zero-order valence-electron chi connectivity index (χ0n) is 10.9. The van der Waals surface area contributed by atoms with Crippen LogP contribution in [0.25, 0.3) is 11.1 Å². The third-order valence-corrected chi connectivity index (χ3v) is 3.82. The van der Waals surface area contributed by atoms with E-state index in [1.807, 2.05) is 6.07 Å². The number of hydrogen-bond acceptors (Lipinski definition) is 2. The van der Waals surface area contributed by atoms with Crippen LogP contribution in [0.5, 0.6) is 5.75 Å². The number of para-hydroxylation sites is 1. The van der Waals surface area contributed by atoms with Crippen LogP contribution in [-0.4, -0.2) is 17.3 Å². The van der Waals surface area contributed by atoms with Gasteiger partial charge in [0.15, 0.2) is 0 Å². The molecule has 1 saturated heterocycles. The Hall–Kier alpha value is -2.32. The summed E-state index contributed by atoms with van der Waals surface area (Å²) in [6, 6.07) is 17.3. The van der Waals surface area contributed by atoms with Gasteiger partial charge < -0.3 is 9.84 Å². The topological polar surface area (TPSA) is 32.8 Å². The number of epoxide rings is 1. The van der Waals surface area contributed by atoms with E-state index in [0.717, 1.165) is 0 Å². The fourth-order valence-electron chi connectivity index (χ4n) is 2.79. The standard InChI is InChI=1S/C12H8O.C6H6O/c1-2-4-8-7(3-1)9-5-6-10-12(13-10)11(8)9;7-6-4-2-1-3-5-6/h1-6,10,12H;1-5,7H. The fourth-order valence-corrected chi connectivity index (χ4v) is 2.79. The molecule has 1 heterocycles. The van der Waals surface area contributed by atoms with E-state index in [2.05, 4.69) is 36.4 Å². The average molecular weight is 262 g/mol. The van der Waals surface area contributed by atoms with E-state index < -0.39 is 0 Å². The smallest absolute Gasteiger partial charge is 0.115 e. The lowest BCUT2D eigenvalue weighted by Crippen LogP contribution is -2.13. The number of phenols is 1. The predicted molar refractivity (Wildman–Crippen MR) is 79.2 cm³/mol. The predicted octanol–water partition coefficient (Wildman–Crippen LogP) is 3.64. The summed E-state index contributed by atoms with van der Waals surface area (Å²) < 4.78 is 5.52. The maximum atomic E-state index is 8.63. The van der Waals surface area contributed by atoms with E-state index in [1.165, 1.54) is 22.3 Å². The number of phenolic OH excluding ortho intramolecular Hbond substituents is 1. The van der Waals surface area contributed by atoms with Crippen molar-refractivity contribution in [2.45, 2.75) is 12.2 Å². The molecule has 1 N–H and O–H groups in total. The maximum Gasteiger partial charge on any atom is 0.115 e. The van der Waals surface area contributed by atoms with E-state index in [1.54, 1.807) is 24.3 Å². The van der Waals surface area contributed by atoms with Crippen molar-refractivity contribution < 1.29 is 9.84 Å². The molecule has 0 aromatic heterocycles. The van der Waals surface area contributed by atoms with E-state index in [4.69, 9.17) is 9.84 Å². The molecule has 20 heavy (non-hydrogen) atoms. The SMILES string of the molecule is C1=CC2OC2C2=C1c1ccccc12.Oc1ccccc1. The minimum Gasteiger partial charge on any atom is -0.508 e. The summed E-state index contributed by atoms with van der Waals surface area (Å²) in [5.74, 6) is 0.322. The summed E-state index contributed by atoms with van der Waals surface area (Å²) in [6.45, 7) is 0. The maximum absolute atomic E-state index is 8.63. The molecule has 1 fully saturated rings. The summed E-state index contributed by atoms with van der Waals surface area (Å²) in [7, 11) is 0. The van der Waals surface area contributed by atoms with Crippen molar-refractivity contribution >= 4 is 11.1 Å². The first-order chi connectivity index (χ1) is 9.84. The van der Waals surface area contributed by atoms with Crippen molar-refractivity contribution in [3.8, 4) is 5.75 Å². The highest BCUT2D eigenvalue weighted by Crippen LogP contribution is 2.52. The number of allylic oxidation sites excluding steroid dienone is 2. The Kier molecular flexibility index (Phi) is 2.51. The largest absolute Gasteiger partial charge is 0.508 e. The zero-order chi connectivity index (χ0) is 13.5. The van der Waals surface area contributed by atoms with Gasteiger partial charge in [-0.15, -0.1) is 0 Å². The lowest BCUT2D eigenvalue weighted by molar-refractivity contribution is 0.418. The molecule has 0 bridgehead atoms. The number of fused-ring (bicyclic) bond motifs is 5. The van der Waals surface area contributed by atoms with Crippen molar-refractivity contribution in [3.05, 3.63) is 77.9 Å². The van der Waals surface area contributed by atoms with Crippen LogP contribution in [0.15, 0.2) is 66.7 Å². The van der Waals surface area contributed by atoms with Gasteiger partial charge in [0.1, 0.15) is 18.0 Å². The molecule has 2 heteroatoms. The van der Waals surface area contributed by atoms with Crippen LogP contribution >= 0.6 is 0 Å². The Bertz CT molecular complexity index is 713. The Morgan fingerprint density at radius 3 is 2.25 bits per heavy atom. The second-order valence-corrected chi connectivity index (χ2v) is 5.09. The number of rotatable bonds is 0. The molecule has 0 saturated carbocycles. The summed E-state index contributed by atoms with van der Waals surface area (Å²) in [5, 5.41) is 8.63. The van der Waals surface area contributed by atoms with Crippen LogP contribution in [0.4, 0.5) is 0 Å². The normalized spacial score (nSPS) is 23.6. The highest BCUT2D eigenvalue weighted by atomic mass is 16.6. The zero-order valence-corrected chi connectivity index (χ0v) is 10.9. The highest BCUT2D eigenvalue weighted by Gasteiger charge is 2.47. The molecule has 2 aromatic rings. The minimum absolute atomic E-state index is 0.322. The Morgan fingerprint density at radius 1 is 0.850 bits per heavy atom. The monoisotopic (exact) mass is 262 g/mol. The van der Waals surface area contributed by atoms with Crippen molar-refractivity contribution in [2.75, 3.05) is 0 Å². The summed E-state index contributed by atoms with van der Waals surface area (Å²) in [6.07, 6.45) is 5.13. The fraction of sp³-hybridized carbons (Fsp3) is 0.111. The van der Waals surface area contributed by atoms with Crippen LogP contribution in [0.1, 0.15) is 11.1 Å². The first-order valence-corrected chi connectivity index (χ1v) is 6.76.